The Balaban J connectivity index is 1.69. The van der Waals surface area contributed by atoms with E-state index >= 15 is 0 Å². The lowest BCUT2D eigenvalue weighted by Crippen LogP contribution is -2.50. The highest BCUT2D eigenvalue weighted by Gasteiger charge is 2.38. The zero-order chi connectivity index (χ0) is 20.1. The summed E-state index contributed by atoms with van der Waals surface area (Å²) >= 11 is 0. The summed E-state index contributed by atoms with van der Waals surface area (Å²) in [6.07, 6.45) is 3.03. The van der Waals surface area contributed by atoms with Gasteiger partial charge >= 0.3 is 6.09 Å². The lowest BCUT2D eigenvalue weighted by Gasteiger charge is -2.29. The molecule has 1 aromatic carbocycles. The molecule has 0 saturated carbocycles. The fraction of sp³-hybridized carbons (Fsp3) is 0.524. The molecular weight excluding hydrogens is 360 g/mol. The van der Waals surface area contributed by atoms with E-state index in [1.807, 2.05) is 51.1 Å². The van der Waals surface area contributed by atoms with Crippen LogP contribution < -0.4 is 5.32 Å². The van der Waals surface area contributed by atoms with Crippen LogP contribution in [-0.2, 0) is 25.4 Å². The van der Waals surface area contributed by atoms with E-state index in [4.69, 9.17) is 14.2 Å². The number of nitrogens with zero attached hydrogens (tertiary/aromatic N) is 1. The molecule has 2 atom stereocenters. The van der Waals surface area contributed by atoms with Crippen molar-refractivity contribution in [3.63, 3.8) is 0 Å². The van der Waals surface area contributed by atoms with Crippen LogP contribution in [0.3, 0.4) is 0 Å². The van der Waals surface area contributed by atoms with E-state index in [0.717, 1.165) is 12.0 Å². The average Bonchev–Trinajstić information content (AvgIpc) is 3.32. The van der Waals surface area contributed by atoms with Crippen molar-refractivity contribution in [2.45, 2.75) is 57.7 Å². The summed E-state index contributed by atoms with van der Waals surface area (Å²) in [7, 11) is 0. The molecule has 7 nitrogen and oxygen atoms in total. The fourth-order valence-electron chi connectivity index (χ4n) is 3.35. The number of ether oxygens (including phenoxy) is 3. The first-order chi connectivity index (χ1) is 13.3. The topological polar surface area (TPSA) is 77.1 Å². The molecule has 152 valence electrons. The standard InChI is InChI=1S/C21H28N2O5/c1-21(2,3)28-20(25)23-11-7-10-17(23)19(24)22-16(18-13-26-14-27-18)12-15-8-5-4-6-9-15/h4-6,8-9,13,16-17H,7,10-12,14H2,1-3H3,(H,22,24). The molecule has 2 heterocycles. The minimum Gasteiger partial charge on any atom is -0.462 e. The van der Waals surface area contributed by atoms with Crippen molar-refractivity contribution < 1.29 is 23.8 Å². The third-order valence-electron chi connectivity index (χ3n) is 4.62. The van der Waals surface area contributed by atoms with Crippen LogP contribution >= 0.6 is 0 Å². The van der Waals surface area contributed by atoms with Crippen LogP contribution in [0.5, 0.6) is 0 Å². The number of likely N-dealkylation sites (tertiary alicyclic amines) is 1. The predicted molar refractivity (Wildman–Crippen MR) is 103 cm³/mol. The molecule has 0 radical (unpaired) electrons. The van der Waals surface area contributed by atoms with Crippen molar-refractivity contribution in [1.29, 1.82) is 0 Å². The van der Waals surface area contributed by atoms with Crippen LogP contribution in [0.15, 0.2) is 42.4 Å². The third kappa shape index (κ3) is 5.18. The van der Waals surface area contributed by atoms with Gasteiger partial charge in [0, 0.05) is 13.0 Å². The molecule has 2 aliphatic heterocycles. The normalized spacial score (nSPS) is 20.0. The van der Waals surface area contributed by atoms with Crippen molar-refractivity contribution in [3.8, 4) is 0 Å². The van der Waals surface area contributed by atoms with Gasteiger partial charge in [-0.25, -0.2) is 4.79 Å². The average molecular weight is 388 g/mol. The lowest BCUT2D eigenvalue weighted by molar-refractivity contribution is -0.126. The van der Waals surface area contributed by atoms with Crippen molar-refractivity contribution in [1.82, 2.24) is 10.2 Å². The van der Waals surface area contributed by atoms with E-state index in [1.165, 1.54) is 11.2 Å². The van der Waals surface area contributed by atoms with Crippen LogP contribution in [0, 0.1) is 0 Å². The zero-order valence-electron chi connectivity index (χ0n) is 16.6. The molecule has 28 heavy (non-hydrogen) atoms. The summed E-state index contributed by atoms with van der Waals surface area (Å²) in [4.78, 5) is 27.0. The van der Waals surface area contributed by atoms with Gasteiger partial charge in [-0.3, -0.25) is 9.69 Å². The largest absolute Gasteiger partial charge is 0.462 e. The molecule has 1 aromatic rings. The summed E-state index contributed by atoms with van der Waals surface area (Å²) in [5.74, 6) is 0.375. The Labute approximate surface area is 165 Å². The molecule has 2 unspecified atom stereocenters. The first-order valence-electron chi connectivity index (χ1n) is 9.62. The molecule has 0 bridgehead atoms. The first-order valence-corrected chi connectivity index (χ1v) is 9.62. The highest BCUT2D eigenvalue weighted by molar-refractivity contribution is 5.86. The number of carbonyl (C=O) groups is 2. The molecule has 0 aromatic heterocycles. The smallest absolute Gasteiger partial charge is 0.410 e. The maximum Gasteiger partial charge on any atom is 0.410 e. The lowest BCUT2D eigenvalue weighted by atomic mass is 10.0. The Hall–Kier alpha value is -2.70. The van der Waals surface area contributed by atoms with Gasteiger partial charge < -0.3 is 19.5 Å². The van der Waals surface area contributed by atoms with E-state index in [9.17, 15) is 9.59 Å². The highest BCUT2D eigenvalue weighted by atomic mass is 16.7. The number of amides is 2. The van der Waals surface area contributed by atoms with E-state index < -0.39 is 17.7 Å². The van der Waals surface area contributed by atoms with Gasteiger partial charge in [-0.05, 0) is 39.2 Å². The Kier molecular flexibility index (Phi) is 6.11. The Bertz CT molecular complexity index is 726. The second-order valence-electron chi connectivity index (χ2n) is 8.03. The van der Waals surface area contributed by atoms with Gasteiger partial charge in [0.25, 0.3) is 0 Å². The second-order valence-corrected chi connectivity index (χ2v) is 8.03. The van der Waals surface area contributed by atoms with Crippen LogP contribution in [0.4, 0.5) is 4.79 Å². The molecule has 3 rings (SSSR count). The van der Waals surface area contributed by atoms with Crippen LogP contribution in [0.25, 0.3) is 0 Å². The quantitative estimate of drug-likeness (QED) is 0.839. The number of rotatable bonds is 5. The minimum atomic E-state index is -0.601. The summed E-state index contributed by atoms with van der Waals surface area (Å²) in [6.45, 7) is 6.10. The Morgan fingerprint density at radius 3 is 2.68 bits per heavy atom. The first kappa shape index (κ1) is 20.0. The molecule has 0 aliphatic carbocycles. The summed E-state index contributed by atoms with van der Waals surface area (Å²) in [6, 6.07) is 8.94. The third-order valence-corrected chi connectivity index (χ3v) is 4.62. The maximum atomic E-state index is 13.0. The highest BCUT2D eigenvalue weighted by Crippen LogP contribution is 2.22. The van der Waals surface area contributed by atoms with Gasteiger partial charge in [0.2, 0.25) is 12.7 Å². The SMILES string of the molecule is CC(C)(C)OC(=O)N1CCCC1C(=O)NC(Cc1ccccc1)C1=COCO1. The molecule has 1 saturated heterocycles. The Morgan fingerprint density at radius 1 is 1.29 bits per heavy atom. The van der Waals surface area contributed by atoms with Gasteiger partial charge in [0.15, 0.2) is 5.76 Å². The van der Waals surface area contributed by atoms with Crippen molar-refractivity contribution in [3.05, 3.63) is 47.9 Å². The van der Waals surface area contributed by atoms with Crippen LogP contribution in [0.1, 0.15) is 39.2 Å². The maximum absolute atomic E-state index is 13.0. The summed E-state index contributed by atoms with van der Waals surface area (Å²) in [5, 5.41) is 3.04. The fourth-order valence-corrected chi connectivity index (χ4v) is 3.35. The van der Waals surface area contributed by atoms with E-state index in [0.29, 0.717) is 25.1 Å². The summed E-state index contributed by atoms with van der Waals surface area (Å²) < 4.78 is 16.1. The molecule has 1 N–H and O–H groups in total. The number of benzene rings is 1. The minimum absolute atomic E-state index is 0.143. The van der Waals surface area contributed by atoms with Crippen molar-refractivity contribution in [2.24, 2.45) is 0 Å². The van der Waals surface area contributed by atoms with E-state index in [-0.39, 0.29) is 18.7 Å². The molecule has 1 fully saturated rings. The van der Waals surface area contributed by atoms with Crippen molar-refractivity contribution in [2.75, 3.05) is 13.3 Å². The molecule has 2 aliphatic rings. The number of carbonyl (C=O) groups excluding carboxylic acids is 2. The Morgan fingerprint density at radius 2 is 2.04 bits per heavy atom. The molecule has 0 spiro atoms. The van der Waals surface area contributed by atoms with E-state index in [2.05, 4.69) is 5.32 Å². The van der Waals surface area contributed by atoms with Gasteiger partial charge in [0.05, 0.1) is 6.04 Å². The van der Waals surface area contributed by atoms with E-state index in [1.54, 1.807) is 0 Å². The molecular formula is C21H28N2O5. The van der Waals surface area contributed by atoms with Crippen molar-refractivity contribution >= 4 is 12.0 Å². The van der Waals surface area contributed by atoms with Gasteiger partial charge in [-0.15, -0.1) is 0 Å². The number of nitrogens with one attached hydrogen (secondary N) is 1. The number of hydrogen-bond acceptors (Lipinski definition) is 5. The van der Waals surface area contributed by atoms with Crippen LogP contribution in [0.2, 0.25) is 0 Å². The van der Waals surface area contributed by atoms with Crippen LogP contribution in [-0.4, -0.2) is 47.9 Å². The predicted octanol–water partition coefficient (Wildman–Crippen LogP) is 2.96. The van der Waals surface area contributed by atoms with Gasteiger partial charge in [-0.2, -0.15) is 0 Å². The monoisotopic (exact) mass is 388 g/mol. The molecule has 7 heteroatoms. The van der Waals surface area contributed by atoms with Gasteiger partial charge in [-0.1, -0.05) is 30.3 Å². The summed E-state index contributed by atoms with van der Waals surface area (Å²) in [5.41, 5.74) is 0.468. The molecule has 2 amide bonds. The number of hydrogen-bond donors (Lipinski definition) is 1. The second kappa shape index (κ2) is 8.54. The zero-order valence-corrected chi connectivity index (χ0v) is 16.6. The van der Waals surface area contributed by atoms with Gasteiger partial charge in [0.1, 0.15) is 17.9 Å².